The first kappa shape index (κ1) is 7.68. The lowest BCUT2D eigenvalue weighted by molar-refractivity contribution is -0.251. The van der Waals surface area contributed by atoms with Gasteiger partial charge >= 0.3 is 0 Å². The highest BCUT2D eigenvalue weighted by Gasteiger charge is 2.44. The third-order valence-corrected chi connectivity index (χ3v) is 1.66. The van der Waals surface area contributed by atoms with Crippen LogP contribution in [0.4, 0.5) is 4.79 Å². The maximum Gasteiger partial charge on any atom is 0.214 e. The topological polar surface area (TPSA) is 102 Å². The monoisotopic (exact) mass is 156 g/mol. The molecule has 0 heterocycles. The van der Waals surface area contributed by atoms with Crippen LogP contribution < -0.4 is 15.3 Å². The van der Waals surface area contributed by atoms with E-state index in [-0.39, 0.29) is 6.54 Å². The average Bonchev–Trinajstić information content (AvgIpc) is 2.64. The molecular formula is C5H8N4O2. The van der Waals surface area contributed by atoms with Crippen LogP contribution in [0.3, 0.4) is 0 Å². The molecule has 1 aliphatic rings. The SMILES string of the molecule is N=[N+]=NCC1(NC(=O)[O-])CC1. The standard InChI is InChI=1S/C5H8N4O2/c6-9-7-3-5(1-2-5)8-4(10)11/h6,8H,1-3H2. The molecule has 2 N–H and O–H groups in total. The molecule has 6 heteroatoms. The molecular weight excluding hydrogens is 148 g/mol. The Hall–Kier alpha value is -1.42. The van der Waals surface area contributed by atoms with Crippen molar-refractivity contribution in [3.05, 3.63) is 0 Å². The van der Waals surface area contributed by atoms with Crippen molar-refractivity contribution in [1.82, 2.24) is 10.2 Å². The lowest BCUT2D eigenvalue weighted by Crippen LogP contribution is -2.46. The third-order valence-electron chi connectivity index (χ3n) is 1.66. The second-order valence-corrected chi connectivity index (χ2v) is 2.59. The summed E-state index contributed by atoms with van der Waals surface area (Å²) < 4.78 is 0. The molecule has 1 rings (SSSR count). The molecule has 0 aliphatic heterocycles. The Balaban J connectivity index is 2.40. The number of hydrogen-bond acceptors (Lipinski definition) is 4. The maximum absolute atomic E-state index is 10.1. The number of nitrogens with zero attached hydrogens (tertiary/aromatic N) is 2. The van der Waals surface area contributed by atoms with Crippen molar-refractivity contribution in [2.24, 2.45) is 5.11 Å². The molecule has 0 aromatic carbocycles. The van der Waals surface area contributed by atoms with E-state index in [4.69, 9.17) is 5.53 Å². The molecule has 0 unspecified atom stereocenters. The maximum atomic E-state index is 10.1. The second kappa shape index (κ2) is 2.67. The molecule has 0 radical (unpaired) electrons. The van der Waals surface area contributed by atoms with Gasteiger partial charge in [0, 0.05) is 0 Å². The van der Waals surface area contributed by atoms with Crippen molar-refractivity contribution >= 4 is 6.09 Å². The highest BCUT2D eigenvalue weighted by molar-refractivity contribution is 5.64. The fourth-order valence-electron chi connectivity index (χ4n) is 0.861. The van der Waals surface area contributed by atoms with Crippen molar-refractivity contribution in [1.29, 1.82) is 5.53 Å². The van der Waals surface area contributed by atoms with E-state index in [0.717, 1.165) is 12.8 Å². The van der Waals surface area contributed by atoms with Crippen LogP contribution in [0.15, 0.2) is 5.11 Å². The van der Waals surface area contributed by atoms with Gasteiger partial charge in [0.2, 0.25) is 4.91 Å². The average molecular weight is 156 g/mol. The van der Waals surface area contributed by atoms with Crippen LogP contribution in [0.1, 0.15) is 12.8 Å². The molecule has 0 saturated heterocycles. The lowest BCUT2D eigenvalue weighted by atomic mass is 10.3. The van der Waals surface area contributed by atoms with Gasteiger partial charge in [-0.2, -0.15) is 0 Å². The summed E-state index contributed by atoms with van der Waals surface area (Å²) in [5.41, 5.74) is 5.89. The van der Waals surface area contributed by atoms with Crippen LogP contribution in [-0.2, 0) is 0 Å². The normalized spacial score (nSPS) is 18.2. The summed E-state index contributed by atoms with van der Waals surface area (Å²) in [6.45, 7) is 0.241. The van der Waals surface area contributed by atoms with E-state index in [9.17, 15) is 9.90 Å². The first-order chi connectivity index (χ1) is 5.18. The van der Waals surface area contributed by atoms with Gasteiger partial charge < -0.3 is 15.2 Å². The molecule has 1 saturated carbocycles. The number of carbonyl (C=O) groups is 1. The molecule has 0 aromatic heterocycles. The van der Waals surface area contributed by atoms with Gasteiger partial charge in [-0.3, -0.25) is 0 Å². The van der Waals surface area contributed by atoms with Crippen LogP contribution in [0.5, 0.6) is 0 Å². The molecule has 1 fully saturated rings. The summed E-state index contributed by atoms with van der Waals surface area (Å²) in [5, 5.41) is 15.7. The first-order valence-electron chi connectivity index (χ1n) is 3.21. The minimum Gasteiger partial charge on any atom is -0.530 e. The lowest BCUT2D eigenvalue weighted by Gasteiger charge is -2.13. The van der Waals surface area contributed by atoms with Crippen LogP contribution in [0.25, 0.3) is 0 Å². The summed E-state index contributed by atoms with van der Waals surface area (Å²) in [6, 6.07) is 0. The number of hydrogen-bond donors (Lipinski definition) is 2. The van der Waals surface area contributed by atoms with E-state index in [2.05, 4.69) is 15.3 Å². The predicted molar refractivity (Wildman–Crippen MR) is 32.6 cm³/mol. The van der Waals surface area contributed by atoms with E-state index in [1.165, 1.54) is 0 Å². The molecule has 6 nitrogen and oxygen atoms in total. The van der Waals surface area contributed by atoms with E-state index in [0.29, 0.717) is 0 Å². The van der Waals surface area contributed by atoms with E-state index in [1.807, 2.05) is 0 Å². The fraction of sp³-hybridized carbons (Fsp3) is 0.800. The number of carboxylic acid groups (broad SMARTS) is 1. The quantitative estimate of drug-likeness (QED) is 0.404. The van der Waals surface area contributed by atoms with Gasteiger partial charge in [0.15, 0.2) is 0 Å². The van der Waals surface area contributed by atoms with Crippen LogP contribution in [-0.4, -0.2) is 18.2 Å². The van der Waals surface area contributed by atoms with Crippen molar-refractivity contribution in [2.45, 2.75) is 18.4 Å². The Morgan fingerprint density at radius 1 is 1.82 bits per heavy atom. The molecule has 0 bridgehead atoms. The largest absolute Gasteiger partial charge is 0.530 e. The van der Waals surface area contributed by atoms with Crippen LogP contribution >= 0.6 is 0 Å². The zero-order valence-electron chi connectivity index (χ0n) is 5.83. The van der Waals surface area contributed by atoms with Gasteiger partial charge in [-0.25, -0.2) is 0 Å². The molecule has 0 spiro atoms. The smallest absolute Gasteiger partial charge is 0.214 e. The zero-order chi connectivity index (χ0) is 8.32. The summed E-state index contributed by atoms with van der Waals surface area (Å²) in [7, 11) is 0. The Bertz CT molecular complexity index is 211. The van der Waals surface area contributed by atoms with Crippen molar-refractivity contribution in [2.75, 3.05) is 6.54 Å². The van der Waals surface area contributed by atoms with Crippen molar-refractivity contribution in [3.8, 4) is 0 Å². The summed E-state index contributed by atoms with van der Waals surface area (Å²) in [5.74, 6) is 0. The Labute approximate surface area is 62.8 Å². The highest BCUT2D eigenvalue weighted by Crippen LogP contribution is 2.35. The van der Waals surface area contributed by atoms with Gasteiger partial charge in [-0.05, 0) is 12.8 Å². The number of amides is 1. The molecule has 60 valence electrons. The zero-order valence-corrected chi connectivity index (χ0v) is 5.83. The van der Waals surface area contributed by atoms with Crippen molar-refractivity contribution in [3.63, 3.8) is 0 Å². The van der Waals surface area contributed by atoms with Crippen LogP contribution in [0.2, 0.25) is 0 Å². The van der Waals surface area contributed by atoms with Gasteiger partial charge in [-0.1, -0.05) is 0 Å². The molecule has 11 heavy (non-hydrogen) atoms. The predicted octanol–water partition coefficient (Wildman–Crippen LogP) is -0.998. The number of carbonyl (C=O) groups excluding carboxylic acids is 1. The van der Waals surface area contributed by atoms with Gasteiger partial charge in [0.05, 0.1) is 5.54 Å². The number of rotatable bonds is 3. The second-order valence-electron chi connectivity index (χ2n) is 2.59. The van der Waals surface area contributed by atoms with E-state index < -0.39 is 11.6 Å². The Kier molecular flexibility index (Phi) is 1.87. The molecule has 0 aromatic rings. The molecule has 1 amide bonds. The van der Waals surface area contributed by atoms with Gasteiger partial charge in [0.25, 0.3) is 0 Å². The summed E-state index contributed by atoms with van der Waals surface area (Å²) >= 11 is 0. The summed E-state index contributed by atoms with van der Waals surface area (Å²) in [4.78, 5) is 12.9. The minimum absolute atomic E-state index is 0.241. The van der Waals surface area contributed by atoms with E-state index >= 15 is 0 Å². The van der Waals surface area contributed by atoms with Crippen LogP contribution in [0, 0.1) is 5.53 Å². The van der Waals surface area contributed by atoms with Gasteiger partial charge in [-0.15, -0.1) is 0 Å². The minimum atomic E-state index is -1.29. The van der Waals surface area contributed by atoms with Gasteiger partial charge in [0.1, 0.15) is 23.3 Å². The molecule has 0 atom stereocenters. The Morgan fingerprint density at radius 3 is 2.82 bits per heavy atom. The molecule has 1 aliphatic carbocycles. The Morgan fingerprint density at radius 2 is 2.45 bits per heavy atom. The highest BCUT2D eigenvalue weighted by atomic mass is 16.4. The van der Waals surface area contributed by atoms with E-state index in [1.54, 1.807) is 0 Å². The fourth-order valence-corrected chi connectivity index (χ4v) is 0.861. The summed E-state index contributed by atoms with van der Waals surface area (Å²) in [6.07, 6.45) is 0.211. The number of nitrogens with one attached hydrogen (secondary N) is 2. The third kappa shape index (κ3) is 2.01. The first-order valence-corrected chi connectivity index (χ1v) is 3.21. The van der Waals surface area contributed by atoms with Crippen molar-refractivity contribution < 1.29 is 9.90 Å².